The lowest BCUT2D eigenvalue weighted by atomic mass is 10.1. The van der Waals surface area contributed by atoms with Crippen molar-refractivity contribution in [3.63, 3.8) is 0 Å². The monoisotopic (exact) mass is 471 g/mol. The van der Waals surface area contributed by atoms with Crippen molar-refractivity contribution in [3.05, 3.63) is 46.2 Å². The number of nitrogens with zero attached hydrogens (tertiary/aromatic N) is 2. The molecule has 9 nitrogen and oxygen atoms in total. The van der Waals surface area contributed by atoms with Crippen LogP contribution in [0.5, 0.6) is 11.5 Å². The standard InChI is InChI=1S/C20H18BrN5O4/c1-29-16-7-10(6-12(21)18(16)30-9-17(22)27)19-23-4-3-14(26-19)15-8-11-13(25-15)2-5-24-20(11)28/h3-4,6-8,25H,2,5,9H2,1H3,(H2,22,27)(H,24,28). The summed E-state index contributed by atoms with van der Waals surface area (Å²) in [6, 6.07) is 7.06. The van der Waals surface area contributed by atoms with E-state index in [4.69, 9.17) is 15.2 Å². The van der Waals surface area contributed by atoms with Gasteiger partial charge in [0.15, 0.2) is 23.9 Å². The van der Waals surface area contributed by atoms with E-state index in [1.165, 1.54) is 7.11 Å². The minimum atomic E-state index is -0.591. The quantitative estimate of drug-likeness (QED) is 0.503. The van der Waals surface area contributed by atoms with E-state index in [-0.39, 0.29) is 12.5 Å². The summed E-state index contributed by atoms with van der Waals surface area (Å²) in [6.45, 7) is 0.337. The normalized spacial score (nSPS) is 12.8. The molecule has 4 N–H and O–H groups in total. The van der Waals surface area contributed by atoms with Crippen molar-refractivity contribution in [3.8, 4) is 34.3 Å². The van der Waals surface area contributed by atoms with Crippen LogP contribution in [0.4, 0.5) is 0 Å². The van der Waals surface area contributed by atoms with Crippen LogP contribution in [-0.4, -0.2) is 47.0 Å². The first-order valence-corrected chi connectivity index (χ1v) is 9.88. The minimum absolute atomic E-state index is 0.0896. The molecule has 0 unspecified atom stereocenters. The Bertz CT molecular complexity index is 1140. The number of carbonyl (C=O) groups excluding carboxylic acids is 2. The van der Waals surface area contributed by atoms with E-state index in [2.05, 4.69) is 36.2 Å². The molecule has 10 heteroatoms. The topological polar surface area (TPSA) is 132 Å². The Balaban J connectivity index is 1.70. The molecule has 2 amide bonds. The van der Waals surface area contributed by atoms with Gasteiger partial charge in [0.1, 0.15) is 0 Å². The first kappa shape index (κ1) is 19.9. The molecule has 0 spiro atoms. The van der Waals surface area contributed by atoms with Gasteiger partial charge in [-0.25, -0.2) is 9.97 Å². The number of hydrogen-bond acceptors (Lipinski definition) is 6. The molecule has 154 valence electrons. The summed E-state index contributed by atoms with van der Waals surface area (Å²) in [5, 5.41) is 2.83. The van der Waals surface area contributed by atoms with Crippen LogP contribution >= 0.6 is 15.9 Å². The summed E-state index contributed by atoms with van der Waals surface area (Å²) in [7, 11) is 1.49. The van der Waals surface area contributed by atoms with Crippen molar-refractivity contribution in [2.75, 3.05) is 20.3 Å². The molecular weight excluding hydrogens is 454 g/mol. The van der Waals surface area contributed by atoms with Crippen LogP contribution in [-0.2, 0) is 11.2 Å². The van der Waals surface area contributed by atoms with Crippen molar-refractivity contribution < 1.29 is 19.1 Å². The van der Waals surface area contributed by atoms with Gasteiger partial charge in [-0.2, -0.15) is 0 Å². The molecule has 0 saturated carbocycles. The Labute approximate surface area is 180 Å². The summed E-state index contributed by atoms with van der Waals surface area (Å²) >= 11 is 3.43. The molecule has 3 heterocycles. The number of H-pyrrole nitrogens is 1. The van der Waals surface area contributed by atoms with Gasteiger partial charge in [0, 0.05) is 30.4 Å². The van der Waals surface area contributed by atoms with Gasteiger partial charge >= 0.3 is 0 Å². The number of carbonyl (C=O) groups is 2. The molecule has 0 radical (unpaired) electrons. The number of methoxy groups -OCH3 is 1. The Kier molecular flexibility index (Phi) is 5.40. The fourth-order valence-electron chi connectivity index (χ4n) is 3.21. The number of nitrogens with two attached hydrogens (primary N) is 1. The largest absolute Gasteiger partial charge is 0.493 e. The second kappa shape index (κ2) is 8.15. The molecular formula is C20H18BrN5O4. The summed E-state index contributed by atoms with van der Waals surface area (Å²) in [6.07, 6.45) is 2.39. The third-order valence-electron chi connectivity index (χ3n) is 4.58. The fourth-order valence-corrected chi connectivity index (χ4v) is 3.77. The number of halogens is 1. The van der Waals surface area contributed by atoms with E-state index in [9.17, 15) is 9.59 Å². The van der Waals surface area contributed by atoms with Gasteiger partial charge < -0.3 is 25.5 Å². The van der Waals surface area contributed by atoms with Gasteiger partial charge in [-0.15, -0.1) is 0 Å². The fraction of sp³-hybridized carbons (Fsp3) is 0.200. The maximum absolute atomic E-state index is 12.0. The van der Waals surface area contributed by atoms with Gasteiger partial charge in [-0.1, -0.05) is 0 Å². The van der Waals surface area contributed by atoms with Crippen molar-refractivity contribution >= 4 is 27.7 Å². The predicted molar refractivity (Wildman–Crippen MR) is 112 cm³/mol. The number of hydrogen-bond donors (Lipinski definition) is 3. The van der Waals surface area contributed by atoms with Gasteiger partial charge in [0.25, 0.3) is 11.8 Å². The first-order valence-electron chi connectivity index (χ1n) is 9.08. The molecule has 0 aliphatic carbocycles. The average Bonchev–Trinajstić information content (AvgIpc) is 3.18. The summed E-state index contributed by atoms with van der Waals surface area (Å²) in [5.41, 5.74) is 8.77. The van der Waals surface area contributed by atoms with Crippen molar-refractivity contribution in [2.45, 2.75) is 6.42 Å². The highest BCUT2D eigenvalue weighted by Crippen LogP contribution is 2.39. The Hall–Kier alpha value is -3.40. The number of ether oxygens (including phenoxy) is 2. The Morgan fingerprint density at radius 2 is 2.17 bits per heavy atom. The number of aromatic amines is 1. The molecule has 0 bridgehead atoms. The Morgan fingerprint density at radius 1 is 1.33 bits per heavy atom. The highest BCUT2D eigenvalue weighted by Gasteiger charge is 2.21. The van der Waals surface area contributed by atoms with E-state index < -0.39 is 5.91 Å². The maximum atomic E-state index is 12.0. The van der Waals surface area contributed by atoms with Gasteiger partial charge in [-0.05, 0) is 40.2 Å². The number of fused-ring (bicyclic) bond motifs is 1. The molecule has 3 aromatic rings. The second-order valence-electron chi connectivity index (χ2n) is 6.59. The molecule has 1 aliphatic rings. The van der Waals surface area contributed by atoms with E-state index in [0.29, 0.717) is 45.2 Å². The summed E-state index contributed by atoms with van der Waals surface area (Å²) < 4.78 is 11.4. The lowest BCUT2D eigenvalue weighted by Crippen LogP contribution is -2.31. The Morgan fingerprint density at radius 3 is 2.90 bits per heavy atom. The number of benzene rings is 1. The molecule has 0 saturated heterocycles. The van der Waals surface area contributed by atoms with Crippen LogP contribution in [0.3, 0.4) is 0 Å². The number of primary amides is 1. The van der Waals surface area contributed by atoms with Crippen LogP contribution in [0, 0.1) is 0 Å². The summed E-state index contributed by atoms with van der Waals surface area (Å²) in [5.74, 6) is 0.547. The van der Waals surface area contributed by atoms with Crippen molar-refractivity contribution in [1.82, 2.24) is 20.3 Å². The van der Waals surface area contributed by atoms with Gasteiger partial charge in [0.2, 0.25) is 0 Å². The van der Waals surface area contributed by atoms with E-state index in [1.807, 2.05) is 0 Å². The zero-order valence-electron chi connectivity index (χ0n) is 16.0. The molecule has 1 aromatic carbocycles. The second-order valence-corrected chi connectivity index (χ2v) is 7.45. The van der Waals surface area contributed by atoms with Crippen LogP contribution in [0.2, 0.25) is 0 Å². The molecule has 0 fully saturated rings. The zero-order valence-corrected chi connectivity index (χ0v) is 17.6. The molecule has 1 aliphatic heterocycles. The number of amides is 2. The van der Waals surface area contributed by atoms with E-state index in [0.717, 1.165) is 17.8 Å². The minimum Gasteiger partial charge on any atom is -0.493 e. The van der Waals surface area contributed by atoms with Gasteiger partial charge in [0.05, 0.1) is 28.5 Å². The van der Waals surface area contributed by atoms with Crippen LogP contribution < -0.4 is 20.5 Å². The first-order chi connectivity index (χ1) is 14.5. The van der Waals surface area contributed by atoms with E-state index in [1.54, 1.807) is 30.5 Å². The molecule has 2 aromatic heterocycles. The molecule has 4 rings (SSSR count). The molecule has 30 heavy (non-hydrogen) atoms. The van der Waals surface area contributed by atoms with Crippen molar-refractivity contribution in [2.24, 2.45) is 5.73 Å². The van der Waals surface area contributed by atoms with Crippen LogP contribution in [0.25, 0.3) is 22.8 Å². The van der Waals surface area contributed by atoms with Crippen molar-refractivity contribution in [1.29, 1.82) is 0 Å². The SMILES string of the molecule is COc1cc(-c2nccc(-c3cc4c([nH]3)CCNC4=O)n2)cc(Br)c1OCC(N)=O. The molecule has 0 atom stereocenters. The lowest BCUT2D eigenvalue weighted by Gasteiger charge is -2.13. The number of aromatic nitrogens is 3. The van der Waals surface area contributed by atoms with Crippen LogP contribution in [0.1, 0.15) is 16.1 Å². The predicted octanol–water partition coefficient (Wildman–Crippen LogP) is 2.06. The summed E-state index contributed by atoms with van der Waals surface area (Å²) in [4.78, 5) is 35.3. The third-order valence-corrected chi connectivity index (χ3v) is 5.17. The third kappa shape index (κ3) is 3.86. The maximum Gasteiger partial charge on any atom is 0.255 e. The lowest BCUT2D eigenvalue weighted by molar-refractivity contribution is -0.119. The zero-order chi connectivity index (χ0) is 21.3. The highest BCUT2D eigenvalue weighted by molar-refractivity contribution is 9.10. The smallest absolute Gasteiger partial charge is 0.255 e. The van der Waals surface area contributed by atoms with Gasteiger partial charge in [-0.3, -0.25) is 9.59 Å². The number of nitrogens with one attached hydrogen (secondary N) is 2. The highest BCUT2D eigenvalue weighted by atomic mass is 79.9. The number of rotatable bonds is 6. The van der Waals surface area contributed by atoms with Crippen LogP contribution in [0.15, 0.2) is 34.9 Å². The van der Waals surface area contributed by atoms with E-state index >= 15 is 0 Å². The average molecular weight is 472 g/mol.